The van der Waals surface area contributed by atoms with Crippen molar-refractivity contribution < 1.29 is 10.2 Å². The van der Waals surface area contributed by atoms with E-state index in [1.807, 2.05) is 6.33 Å². The van der Waals surface area contributed by atoms with Crippen molar-refractivity contribution in [3.05, 3.63) is 29.6 Å². The van der Waals surface area contributed by atoms with Gasteiger partial charge in [-0.1, -0.05) is 6.42 Å². The molecule has 132 valence electrons. The zero-order valence-corrected chi connectivity index (χ0v) is 14.8. The highest BCUT2D eigenvalue weighted by Gasteiger charge is 2.24. The Hall–Kier alpha value is -1.43. The van der Waals surface area contributed by atoms with Gasteiger partial charge in [-0.2, -0.15) is 0 Å². The summed E-state index contributed by atoms with van der Waals surface area (Å²) in [5.41, 5.74) is 4.57. The molecule has 2 atom stereocenters. The minimum atomic E-state index is -0.427. The predicted octanol–water partition coefficient (Wildman–Crippen LogP) is 2.25. The average Bonchev–Trinajstić information content (AvgIpc) is 2.92. The fourth-order valence-corrected chi connectivity index (χ4v) is 3.79. The summed E-state index contributed by atoms with van der Waals surface area (Å²) in [6, 6.07) is 4.66. The molecule has 1 aliphatic rings. The normalized spacial score (nSPS) is 20.6. The third kappa shape index (κ3) is 3.79. The van der Waals surface area contributed by atoms with E-state index >= 15 is 0 Å². The van der Waals surface area contributed by atoms with Crippen LogP contribution in [0.15, 0.2) is 18.5 Å². The van der Waals surface area contributed by atoms with E-state index in [1.54, 1.807) is 0 Å². The van der Waals surface area contributed by atoms with Crippen LogP contribution in [-0.4, -0.2) is 56.5 Å². The highest BCUT2D eigenvalue weighted by Crippen LogP contribution is 2.21. The van der Waals surface area contributed by atoms with Gasteiger partial charge in [-0.25, -0.2) is 4.98 Å². The third-order valence-corrected chi connectivity index (χ3v) is 5.30. The first-order chi connectivity index (χ1) is 11.6. The molecule has 0 amide bonds. The second-order valence-electron chi connectivity index (χ2n) is 7.13. The molecule has 2 unspecified atom stereocenters. The second-order valence-corrected chi connectivity index (χ2v) is 7.13. The lowest BCUT2D eigenvalue weighted by Crippen LogP contribution is -2.45. The summed E-state index contributed by atoms with van der Waals surface area (Å²) in [5.74, 6) is 0. The Morgan fingerprint density at radius 1 is 1.21 bits per heavy atom. The number of fused-ring (bicyclic) bond motifs is 1. The van der Waals surface area contributed by atoms with Crippen LogP contribution in [0.5, 0.6) is 0 Å². The highest BCUT2D eigenvalue weighted by molar-refractivity contribution is 5.77. The van der Waals surface area contributed by atoms with Crippen LogP contribution < -0.4 is 0 Å². The van der Waals surface area contributed by atoms with E-state index in [9.17, 15) is 10.2 Å². The van der Waals surface area contributed by atoms with Crippen molar-refractivity contribution in [1.29, 1.82) is 0 Å². The number of piperidine rings is 1. The Kier molecular flexibility index (Phi) is 5.54. The van der Waals surface area contributed by atoms with Crippen molar-refractivity contribution in [2.24, 2.45) is 0 Å². The lowest BCUT2D eigenvalue weighted by atomic mass is 9.99. The molecular weight excluding hydrogens is 302 g/mol. The first-order valence-electron chi connectivity index (χ1n) is 9.03. The van der Waals surface area contributed by atoms with Crippen LogP contribution in [0.4, 0.5) is 0 Å². The van der Waals surface area contributed by atoms with Gasteiger partial charge in [0, 0.05) is 19.2 Å². The van der Waals surface area contributed by atoms with Crippen LogP contribution in [0.1, 0.15) is 36.8 Å². The molecule has 5 heteroatoms. The Balaban J connectivity index is 1.68. The molecule has 1 aliphatic heterocycles. The monoisotopic (exact) mass is 331 g/mol. The van der Waals surface area contributed by atoms with E-state index < -0.39 is 6.10 Å². The average molecular weight is 331 g/mol. The molecule has 0 spiro atoms. The van der Waals surface area contributed by atoms with Gasteiger partial charge in [-0.05, 0) is 62.9 Å². The second kappa shape index (κ2) is 7.64. The number of likely N-dealkylation sites (tertiary alicyclic amines) is 1. The molecule has 24 heavy (non-hydrogen) atoms. The first kappa shape index (κ1) is 17.4. The van der Waals surface area contributed by atoms with Crippen LogP contribution in [0.25, 0.3) is 11.0 Å². The van der Waals surface area contributed by atoms with Gasteiger partial charge >= 0.3 is 0 Å². The van der Waals surface area contributed by atoms with Gasteiger partial charge in [0.1, 0.15) is 0 Å². The third-order valence-electron chi connectivity index (χ3n) is 5.30. The number of aliphatic hydroxyl groups excluding tert-OH is 2. The fraction of sp³-hybridized carbons (Fsp3) is 0.632. The van der Waals surface area contributed by atoms with E-state index in [-0.39, 0.29) is 6.61 Å². The van der Waals surface area contributed by atoms with E-state index in [0.29, 0.717) is 19.1 Å². The molecule has 0 saturated carbocycles. The smallest absolute Gasteiger partial charge is 0.0959 e. The number of β-amino-alcohol motifs (C(OH)–C–C–N with tert-alkyl or cyclic N) is 1. The SMILES string of the molecule is Cc1cc2ncn(CC(O)CN3CCCCC3CCO)c2cc1C. The Morgan fingerprint density at radius 3 is 2.79 bits per heavy atom. The summed E-state index contributed by atoms with van der Waals surface area (Å²) in [6.07, 6.45) is 5.74. The van der Waals surface area contributed by atoms with E-state index in [2.05, 4.69) is 40.4 Å². The van der Waals surface area contributed by atoms with Gasteiger partial charge in [-0.3, -0.25) is 4.90 Å². The lowest BCUT2D eigenvalue weighted by molar-refractivity contribution is 0.0496. The quantitative estimate of drug-likeness (QED) is 0.852. The van der Waals surface area contributed by atoms with Crippen LogP contribution in [0, 0.1) is 13.8 Å². The molecule has 0 radical (unpaired) electrons. The molecular formula is C19H29N3O2. The van der Waals surface area contributed by atoms with E-state index in [1.165, 1.54) is 24.0 Å². The van der Waals surface area contributed by atoms with Crippen molar-refractivity contribution in [1.82, 2.24) is 14.5 Å². The van der Waals surface area contributed by atoms with Gasteiger partial charge in [-0.15, -0.1) is 0 Å². The molecule has 2 aromatic rings. The van der Waals surface area contributed by atoms with Gasteiger partial charge in [0.15, 0.2) is 0 Å². The molecule has 1 aromatic carbocycles. The molecule has 1 saturated heterocycles. The number of hydrogen-bond acceptors (Lipinski definition) is 4. The van der Waals surface area contributed by atoms with Crippen molar-refractivity contribution in [2.45, 2.75) is 58.2 Å². The first-order valence-corrected chi connectivity index (χ1v) is 9.03. The number of rotatable bonds is 6. The van der Waals surface area contributed by atoms with Crippen molar-refractivity contribution in [2.75, 3.05) is 19.7 Å². The van der Waals surface area contributed by atoms with Crippen molar-refractivity contribution in [3.63, 3.8) is 0 Å². The Bertz CT molecular complexity index is 681. The Labute approximate surface area is 143 Å². The van der Waals surface area contributed by atoms with E-state index in [4.69, 9.17) is 0 Å². The molecule has 0 bridgehead atoms. The number of aryl methyl sites for hydroxylation is 2. The number of imidazole rings is 1. The fourth-order valence-electron chi connectivity index (χ4n) is 3.79. The number of aromatic nitrogens is 2. The van der Waals surface area contributed by atoms with Crippen LogP contribution in [-0.2, 0) is 6.54 Å². The lowest BCUT2D eigenvalue weighted by Gasteiger charge is -2.36. The summed E-state index contributed by atoms with van der Waals surface area (Å²) >= 11 is 0. The largest absolute Gasteiger partial charge is 0.396 e. The van der Waals surface area contributed by atoms with Crippen molar-refractivity contribution in [3.8, 4) is 0 Å². The van der Waals surface area contributed by atoms with E-state index in [0.717, 1.165) is 30.4 Å². The Morgan fingerprint density at radius 2 is 2.00 bits per heavy atom. The summed E-state index contributed by atoms with van der Waals surface area (Å²) in [5, 5.41) is 19.8. The zero-order valence-electron chi connectivity index (χ0n) is 14.8. The van der Waals surface area contributed by atoms with Gasteiger partial charge in [0.25, 0.3) is 0 Å². The van der Waals surface area contributed by atoms with Gasteiger partial charge < -0.3 is 14.8 Å². The number of nitrogens with zero attached hydrogens (tertiary/aromatic N) is 3. The number of hydrogen-bond donors (Lipinski definition) is 2. The summed E-state index contributed by atoms with van der Waals surface area (Å²) < 4.78 is 2.05. The highest BCUT2D eigenvalue weighted by atomic mass is 16.3. The van der Waals surface area contributed by atoms with Gasteiger partial charge in [0.2, 0.25) is 0 Å². The predicted molar refractivity (Wildman–Crippen MR) is 96.1 cm³/mol. The standard InChI is InChI=1S/C19H29N3O2/c1-14-9-18-19(10-15(14)2)22(13-20-18)12-17(24)11-21-7-4-3-5-16(21)6-8-23/h9-10,13,16-17,23-24H,3-8,11-12H2,1-2H3. The van der Waals surface area contributed by atoms with Crippen LogP contribution in [0.3, 0.4) is 0 Å². The minimum absolute atomic E-state index is 0.224. The molecule has 5 nitrogen and oxygen atoms in total. The maximum atomic E-state index is 10.6. The summed E-state index contributed by atoms with van der Waals surface area (Å²) in [6.45, 7) is 6.67. The molecule has 2 heterocycles. The maximum absolute atomic E-state index is 10.6. The summed E-state index contributed by atoms with van der Waals surface area (Å²) in [4.78, 5) is 6.82. The molecule has 3 rings (SSSR count). The van der Waals surface area contributed by atoms with Gasteiger partial charge in [0.05, 0.1) is 30.0 Å². The summed E-state index contributed by atoms with van der Waals surface area (Å²) in [7, 11) is 0. The molecule has 0 aliphatic carbocycles. The van der Waals surface area contributed by atoms with Crippen LogP contribution in [0.2, 0.25) is 0 Å². The maximum Gasteiger partial charge on any atom is 0.0959 e. The minimum Gasteiger partial charge on any atom is -0.396 e. The molecule has 1 aromatic heterocycles. The number of benzene rings is 1. The van der Waals surface area contributed by atoms with Crippen molar-refractivity contribution >= 4 is 11.0 Å². The zero-order chi connectivity index (χ0) is 17.1. The molecule has 2 N–H and O–H groups in total. The van der Waals surface area contributed by atoms with Crippen LogP contribution >= 0.6 is 0 Å². The number of aliphatic hydroxyl groups is 2. The topological polar surface area (TPSA) is 61.5 Å². The molecule has 1 fully saturated rings.